The van der Waals surface area contributed by atoms with E-state index < -0.39 is 109 Å². The van der Waals surface area contributed by atoms with E-state index in [0.717, 1.165) is 6.42 Å². The van der Waals surface area contributed by atoms with Crippen molar-refractivity contribution in [1.82, 2.24) is 37.2 Å². The Balaban J connectivity index is 2.11. The molecular weight excluding hydrogens is 1110 g/mol. The lowest BCUT2D eigenvalue weighted by Crippen LogP contribution is -2.64. The summed E-state index contributed by atoms with van der Waals surface area (Å²) in [6.07, 6.45) is -7.71. The summed E-state index contributed by atoms with van der Waals surface area (Å²) in [5.74, 6) is -2.86. The van der Waals surface area contributed by atoms with Crippen LogP contribution in [0.5, 0.6) is 0 Å². The third-order valence-corrected chi connectivity index (χ3v) is 13.9. The van der Waals surface area contributed by atoms with Gasteiger partial charge in [0.1, 0.15) is 54.2 Å². The van der Waals surface area contributed by atoms with E-state index in [1.165, 1.54) is 21.0 Å². The number of rotatable bonds is 44. The maximum atomic E-state index is 13.6. The molecule has 2 aliphatic heterocycles. The summed E-state index contributed by atoms with van der Waals surface area (Å²) in [6.45, 7) is 13.1. The Hall–Kier alpha value is -4.31. The largest absolute Gasteiger partial charge is 0.394 e. The van der Waals surface area contributed by atoms with Crippen LogP contribution in [0.15, 0.2) is 0 Å². The van der Waals surface area contributed by atoms with Crippen LogP contribution in [0.25, 0.3) is 0 Å². The topological polar surface area (TPSA) is 408 Å². The number of aliphatic hydroxyl groups excluding tert-OH is 6. The Kier molecular flexibility index (Phi) is 37.0. The van der Waals surface area contributed by atoms with Gasteiger partial charge in [0.15, 0.2) is 19.3 Å². The van der Waals surface area contributed by atoms with Crippen LogP contribution in [0, 0.1) is 23.2 Å². The van der Waals surface area contributed by atoms with Gasteiger partial charge in [0.2, 0.25) is 41.4 Å². The van der Waals surface area contributed by atoms with Crippen LogP contribution >= 0.6 is 0 Å². The van der Waals surface area contributed by atoms with Crippen LogP contribution in [-0.4, -0.2) is 238 Å². The van der Waals surface area contributed by atoms with Crippen molar-refractivity contribution in [3.8, 4) is 0 Å². The van der Waals surface area contributed by atoms with Gasteiger partial charge in [-0.3, -0.25) is 33.6 Å². The fourth-order valence-corrected chi connectivity index (χ4v) is 9.53. The summed E-state index contributed by atoms with van der Waals surface area (Å²) >= 11 is 0. The molecule has 29 heteroatoms. The van der Waals surface area contributed by atoms with Gasteiger partial charge in [0.25, 0.3) is 0 Å². The number of aliphatic hydroxyl groups is 6. The number of hydrogen-bond donors (Lipinski definition) is 13. The van der Waals surface area contributed by atoms with Crippen LogP contribution in [0.4, 0.5) is 0 Å². The first-order valence-corrected chi connectivity index (χ1v) is 29.1. The summed E-state index contributed by atoms with van der Waals surface area (Å²) in [5, 5.41) is 80.5. The minimum Gasteiger partial charge on any atom is -0.394 e. The molecule has 14 unspecified atom stereocenters. The van der Waals surface area contributed by atoms with E-state index in [9.17, 15) is 64.2 Å². The lowest BCUT2D eigenvalue weighted by Gasteiger charge is -2.42. The first-order chi connectivity index (χ1) is 39.8. The number of amides is 7. The van der Waals surface area contributed by atoms with Gasteiger partial charge < -0.3 is 101 Å². The fourth-order valence-electron chi connectivity index (χ4n) is 9.53. The van der Waals surface area contributed by atoms with Crippen molar-refractivity contribution in [2.75, 3.05) is 99.5 Å². The van der Waals surface area contributed by atoms with Crippen molar-refractivity contribution >= 4 is 41.4 Å². The second-order valence-electron chi connectivity index (χ2n) is 22.7. The van der Waals surface area contributed by atoms with Crippen LogP contribution < -0.4 is 37.2 Å². The number of carbonyl (C=O) groups is 7. The van der Waals surface area contributed by atoms with Gasteiger partial charge in [-0.15, -0.1) is 0 Å². The Bertz CT molecular complexity index is 1950. The highest BCUT2D eigenvalue weighted by Gasteiger charge is 2.47. The number of ether oxygens (including phenoxy) is 7. The Morgan fingerprint density at radius 2 is 1.07 bits per heavy atom. The maximum Gasteiger partial charge on any atom is 0.224 e. The molecule has 2 fully saturated rings. The second kappa shape index (κ2) is 41.0. The van der Waals surface area contributed by atoms with E-state index in [4.69, 9.17) is 38.0 Å². The van der Waals surface area contributed by atoms with E-state index in [2.05, 4.69) is 42.1 Å². The number of nitrogens with one attached hydrogen (secondary N) is 7. The zero-order chi connectivity index (χ0) is 62.8. The molecule has 488 valence electrons. The highest BCUT2D eigenvalue weighted by atomic mass is 17.2. The van der Waals surface area contributed by atoms with Crippen LogP contribution in [0.3, 0.4) is 0 Å². The molecule has 0 aromatic carbocycles. The number of hydrogen-bond acceptors (Lipinski definition) is 22. The lowest BCUT2D eigenvalue weighted by atomic mass is 9.83. The molecule has 2 saturated heterocycles. The SMILES string of the molecule is CCCNC(=O)CCCC(=O)NC(COCCC(=O)NCOOC)(COCCC(=O)NCC(CC)CC(C)COC1OC(CO)C(O)C(O)C1NC(C)=O)COCCC(=O)NCC(C)(C)CC(C)COC1OC(CO)C(O)C(O)C1NC(C)=O. The number of carbonyl (C=O) groups excluding carboxylic acids is 7. The van der Waals surface area contributed by atoms with Gasteiger partial charge in [0.05, 0.1) is 79.6 Å². The third kappa shape index (κ3) is 29.9. The summed E-state index contributed by atoms with van der Waals surface area (Å²) in [5.41, 5.74) is -1.87. The molecule has 2 rings (SSSR count). The summed E-state index contributed by atoms with van der Waals surface area (Å²) < 4.78 is 41.4. The van der Waals surface area contributed by atoms with Gasteiger partial charge in [-0.2, -0.15) is 0 Å². The molecule has 13 N–H and O–H groups in total. The lowest BCUT2D eigenvalue weighted by molar-refractivity contribution is -0.275. The fraction of sp³-hybridized carbons (Fsp3) is 0.873. The van der Waals surface area contributed by atoms with Crippen molar-refractivity contribution in [1.29, 1.82) is 0 Å². The third-order valence-electron chi connectivity index (χ3n) is 13.9. The normalized spacial score (nSPS) is 24.4. The van der Waals surface area contributed by atoms with Gasteiger partial charge in [-0.25, -0.2) is 9.78 Å². The molecule has 14 atom stereocenters. The molecule has 0 aromatic rings. The molecule has 2 heterocycles. The average molecular weight is 1210 g/mol. The predicted molar refractivity (Wildman–Crippen MR) is 299 cm³/mol. The first kappa shape index (κ1) is 75.8. The zero-order valence-corrected chi connectivity index (χ0v) is 50.7. The molecular formula is C55H101N7O22. The quantitative estimate of drug-likeness (QED) is 0.0132. The molecule has 0 saturated carbocycles. The second-order valence-corrected chi connectivity index (χ2v) is 22.7. The Morgan fingerprint density at radius 3 is 1.54 bits per heavy atom. The van der Waals surface area contributed by atoms with E-state index in [-0.39, 0.29) is 140 Å². The van der Waals surface area contributed by atoms with E-state index in [1.807, 2.05) is 41.5 Å². The zero-order valence-electron chi connectivity index (χ0n) is 50.7. The summed E-state index contributed by atoms with van der Waals surface area (Å²) in [7, 11) is 1.29. The van der Waals surface area contributed by atoms with E-state index in [0.29, 0.717) is 32.4 Å². The van der Waals surface area contributed by atoms with E-state index >= 15 is 0 Å². The molecule has 84 heavy (non-hydrogen) atoms. The smallest absolute Gasteiger partial charge is 0.224 e. The molecule has 0 aliphatic carbocycles. The van der Waals surface area contributed by atoms with Crippen LogP contribution in [0.1, 0.15) is 120 Å². The summed E-state index contributed by atoms with van der Waals surface area (Å²) in [6, 6.07) is -2.17. The van der Waals surface area contributed by atoms with Gasteiger partial charge in [-0.1, -0.05) is 48.0 Å². The molecule has 0 bridgehead atoms. The van der Waals surface area contributed by atoms with Crippen molar-refractivity contribution in [3.63, 3.8) is 0 Å². The molecule has 29 nitrogen and oxygen atoms in total. The molecule has 2 aliphatic rings. The predicted octanol–water partition coefficient (Wildman–Crippen LogP) is -2.33. The minimum atomic E-state index is -1.45. The maximum absolute atomic E-state index is 13.6. The standard InChI is InChI=1S/C55H101N7O22/c1-10-18-56-41(67)13-12-14-45(71)62-55(32-79-21-17-44(70)59-33-82-76-9,30-77-19-15-42(68)57-24-38(11-2)22-34(3)27-80-52-46(60-36(5)65)50(74)48(72)39(25-63)83-52)31-78-20-16-43(69)58-29-54(7,8)23-35(4)28-81-53-47(61-37(6)66)51(75)49(73)40(26-64)84-53/h34-35,38-40,46-53,63-64,72-75H,10-33H2,1-9H3,(H,56,67)(H,57,68)(H,58,69)(H,59,70)(H,60,65)(H,61,66)(H,62,71). The van der Waals surface area contributed by atoms with Crippen molar-refractivity contribution in [3.05, 3.63) is 0 Å². The van der Waals surface area contributed by atoms with Gasteiger partial charge in [0, 0.05) is 59.2 Å². The van der Waals surface area contributed by atoms with Crippen molar-refractivity contribution < 1.29 is 107 Å². The minimum absolute atomic E-state index is 0.0167. The van der Waals surface area contributed by atoms with Crippen LogP contribution in [-0.2, 0) is 76.5 Å². The Labute approximate surface area is 493 Å². The van der Waals surface area contributed by atoms with Crippen molar-refractivity contribution in [2.45, 2.75) is 186 Å². The highest BCUT2D eigenvalue weighted by molar-refractivity contribution is 5.79. The Morgan fingerprint density at radius 1 is 0.607 bits per heavy atom. The molecule has 0 radical (unpaired) electrons. The van der Waals surface area contributed by atoms with Gasteiger partial charge >= 0.3 is 0 Å². The average Bonchev–Trinajstić information content (AvgIpc) is 3.64. The molecule has 0 aromatic heterocycles. The molecule has 7 amide bonds. The van der Waals surface area contributed by atoms with Gasteiger partial charge in [-0.05, 0) is 48.9 Å². The van der Waals surface area contributed by atoms with E-state index in [1.54, 1.807) is 0 Å². The monoisotopic (exact) mass is 1210 g/mol. The first-order valence-electron chi connectivity index (χ1n) is 29.1. The molecule has 0 spiro atoms. The van der Waals surface area contributed by atoms with Crippen LogP contribution in [0.2, 0.25) is 0 Å². The highest BCUT2D eigenvalue weighted by Crippen LogP contribution is 2.28. The summed E-state index contributed by atoms with van der Waals surface area (Å²) in [4.78, 5) is 97.8. The van der Waals surface area contributed by atoms with Crippen molar-refractivity contribution in [2.24, 2.45) is 23.2 Å².